The number of rotatable bonds is 6. The van der Waals surface area contributed by atoms with Crippen molar-refractivity contribution in [2.75, 3.05) is 6.61 Å². The molecule has 0 spiro atoms. The van der Waals surface area contributed by atoms with Crippen LogP contribution in [0.3, 0.4) is 0 Å². The standard InChI is InChI=1S/C35H30FN3O3S/c1-5-42-34(41)30-31(24-11-7-6-8-12-24)37-35-39(32(30)25-14-16-27(36)17-15-25)33(40)29(43-35)20-26-19-22(3)38(23(26)4)28-13-9-10-21(2)18-28/h6-20,32H,5H2,1-4H3/b29-20+/t32-/m0/s1. The van der Waals surface area contributed by atoms with Crippen LogP contribution < -0.4 is 14.9 Å². The van der Waals surface area contributed by atoms with Gasteiger partial charge in [0.05, 0.1) is 28.5 Å². The summed E-state index contributed by atoms with van der Waals surface area (Å²) in [6.07, 6.45) is 1.89. The van der Waals surface area contributed by atoms with Crippen molar-refractivity contribution < 1.29 is 13.9 Å². The second-order valence-electron chi connectivity index (χ2n) is 10.5. The SMILES string of the molecule is CCOC(=O)C1=C(c2ccccc2)N=c2s/c(=C/c3cc(C)n(-c4cccc(C)c4)c3C)c(=O)n2[C@H]1c1ccc(F)cc1. The summed E-state index contributed by atoms with van der Waals surface area (Å²) in [5.74, 6) is -0.986. The van der Waals surface area contributed by atoms with Crippen molar-refractivity contribution >= 4 is 29.1 Å². The van der Waals surface area contributed by atoms with Gasteiger partial charge in [-0.15, -0.1) is 0 Å². The minimum absolute atomic E-state index is 0.154. The van der Waals surface area contributed by atoms with Gasteiger partial charge < -0.3 is 9.30 Å². The maximum absolute atomic E-state index is 14.2. The summed E-state index contributed by atoms with van der Waals surface area (Å²) in [7, 11) is 0. The smallest absolute Gasteiger partial charge is 0.338 e. The van der Waals surface area contributed by atoms with Crippen LogP contribution in [-0.2, 0) is 9.53 Å². The molecule has 0 saturated carbocycles. The minimum Gasteiger partial charge on any atom is -0.463 e. The van der Waals surface area contributed by atoms with Gasteiger partial charge in [-0.2, -0.15) is 0 Å². The van der Waals surface area contributed by atoms with Crippen molar-refractivity contribution in [2.24, 2.45) is 4.99 Å². The fraction of sp³-hybridized carbons (Fsp3) is 0.171. The summed E-state index contributed by atoms with van der Waals surface area (Å²) >= 11 is 1.26. The van der Waals surface area contributed by atoms with Crippen LogP contribution in [0.2, 0.25) is 0 Å². The van der Waals surface area contributed by atoms with Crippen LogP contribution in [0.25, 0.3) is 17.5 Å². The highest BCUT2D eigenvalue weighted by Crippen LogP contribution is 2.35. The van der Waals surface area contributed by atoms with E-state index < -0.39 is 17.8 Å². The largest absolute Gasteiger partial charge is 0.463 e. The van der Waals surface area contributed by atoms with Crippen LogP contribution in [0.5, 0.6) is 0 Å². The number of hydrogen-bond donors (Lipinski definition) is 0. The van der Waals surface area contributed by atoms with Gasteiger partial charge in [0, 0.05) is 22.6 Å². The molecule has 5 aromatic rings. The Balaban J connectivity index is 1.60. The Morgan fingerprint density at radius 1 is 1.00 bits per heavy atom. The quantitative estimate of drug-likeness (QED) is 0.235. The number of halogens is 1. The molecular weight excluding hydrogens is 561 g/mol. The van der Waals surface area contributed by atoms with Crippen molar-refractivity contribution in [3.63, 3.8) is 0 Å². The zero-order chi connectivity index (χ0) is 30.2. The van der Waals surface area contributed by atoms with Crippen LogP contribution in [0.4, 0.5) is 4.39 Å². The number of carbonyl (C=O) groups excluding carboxylic acids is 1. The highest BCUT2D eigenvalue weighted by atomic mass is 32.1. The number of aromatic nitrogens is 2. The number of carbonyl (C=O) groups is 1. The van der Waals surface area contributed by atoms with E-state index in [0.29, 0.717) is 20.6 Å². The summed E-state index contributed by atoms with van der Waals surface area (Å²) in [6, 6.07) is 24.7. The van der Waals surface area contributed by atoms with Gasteiger partial charge in [0.25, 0.3) is 5.56 Å². The molecule has 8 heteroatoms. The van der Waals surface area contributed by atoms with Crippen LogP contribution in [0.1, 0.15) is 46.6 Å². The molecule has 0 bridgehead atoms. The normalized spacial score (nSPS) is 14.9. The Labute approximate surface area is 252 Å². The highest BCUT2D eigenvalue weighted by molar-refractivity contribution is 7.07. The van der Waals surface area contributed by atoms with E-state index in [-0.39, 0.29) is 17.7 Å². The summed E-state index contributed by atoms with van der Waals surface area (Å²) in [6.45, 7) is 8.02. The Hall–Kier alpha value is -4.82. The fourth-order valence-corrected chi connectivity index (χ4v) is 6.63. The fourth-order valence-electron chi connectivity index (χ4n) is 5.64. The molecule has 0 amide bonds. The zero-order valence-electron chi connectivity index (χ0n) is 24.3. The molecule has 0 unspecified atom stereocenters. The molecule has 43 heavy (non-hydrogen) atoms. The lowest BCUT2D eigenvalue weighted by Crippen LogP contribution is -2.40. The van der Waals surface area contributed by atoms with Gasteiger partial charge in [0.1, 0.15) is 5.82 Å². The van der Waals surface area contributed by atoms with E-state index >= 15 is 0 Å². The van der Waals surface area contributed by atoms with E-state index in [4.69, 9.17) is 9.73 Å². The molecule has 0 N–H and O–H groups in total. The first-order valence-corrected chi connectivity index (χ1v) is 14.9. The van der Waals surface area contributed by atoms with Gasteiger partial charge in [-0.3, -0.25) is 9.36 Å². The average Bonchev–Trinajstić information content (AvgIpc) is 3.46. The number of aryl methyl sites for hydroxylation is 2. The lowest BCUT2D eigenvalue weighted by molar-refractivity contribution is -0.138. The number of nitrogens with zero attached hydrogens (tertiary/aromatic N) is 3. The molecule has 0 saturated heterocycles. The summed E-state index contributed by atoms with van der Waals surface area (Å²) in [4.78, 5) is 33.1. The summed E-state index contributed by atoms with van der Waals surface area (Å²) in [5, 5.41) is 0. The maximum Gasteiger partial charge on any atom is 0.338 e. The Morgan fingerprint density at radius 3 is 2.44 bits per heavy atom. The van der Waals surface area contributed by atoms with Crippen molar-refractivity contribution in [1.29, 1.82) is 0 Å². The molecule has 1 aliphatic rings. The lowest BCUT2D eigenvalue weighted by Gasteiger charge is -2.25. The Bertz CT molecular complexity index is 2070. The third-order valence-corrected chi connectivity index (χ3v) is 8.56. The average molecular weight is 592 g/mol. The number of hydrogen-bond acceptors (Lipinski definition) is 5. The third kappa shape index (κ3) is 5.19. The van der Waals surface area contributed by atoms with Gasteiger partial charge in [0.15, 0.2) is 4.80 Å². The monoisotopic (exact) mass is 591 g/mol. The van der Waals surface area contributed by atoms with Crippen molar-refractivity contribution in [2.45, 2.75) is 33.7 Å². The van der Waals surface area contributed by atoms with Crippen LogP contribution >= 0.6 is 11.3 Å². The predicted octanol–water partition coefficient (Wildman–Crippen LogP) is 5.79. The molecule has 0 radical (unpaired) electrons. The number of thiazole rings is 1. The molecular formula is C35H30FN3O3S. The highest BCUT2D eigenvalue weighted by Gasteiger charge is 2.35. The van der Waals surface area contributed by atoms with E-state index in [0.717, 1.165) is 33.8 Å². The van der Waals surface area contributed by atoms with E-state index in [2.05, 4.69) is 35.8 Å². The van der Waals surface area contributed by atoms with Crippen molar-refractivity contribution in [3.8, 4) is 5.69 Å². The maximum atomic E-state index is 14.2. The first-order chi connectivity index (χ1) is 20.8. The van der Waals surface area contributed by atoms with Crippen molar-refractivity contribution in [1.82, 2.24) is 9.13 Å². The number of benzene rings is 3. The molecule has 1 atom stereocenters. The zero-order valence-corrected chi connectivity index (χ0v) is 25.1. The van der Waals surface area contributed by atoms with E-state index in [1.807, 2.05) is 56.3 Å². The number of esters is 1. The van der Waals surface area contributed by atoms with Crippen LogP contribution in [0.15, 0.2) is 100 Å². The predicted molar refractivity (Wildman–Crippen MR) is 167 cm³/mol. The number of fused-ring (bicyclic) bond motifs is 1. The second kappa shape index (κ2) is 11.5. The van der Waals surface area contributed by atoms with Gasteiger partial charge in [-0.05, 0) is 80.8 Å². The Kier molecular flexibility index (Phi) is 7.54. The molecule has 3 heterocycles. The molecule has 0 aliphatic carbocycles. The third-order valence-electron chi connectivity index (χ3n) is 7.58. The van der Waals surface area contributed by atoms with Gasteiger partial charge >= 0.3 is 5.97 Å². The molecule has 6 rings (SSSR count). The van der Waals surface area contributed by atoms with Crippen LogP contribution in [0, 0.1) is 26.6 Å². The second-order valence-corrected chi connectivity index (χ2v) is 11.5. The molecule has 2 aromatic heterocycles. The first-order valence-electron chi connectivity index (χ1n) is 14.1. The van der Waals surface area contributed by atoms with Crippen molar-refractivity contribution in [3.05, 3.63) is 150 Å². The van der Waals surface area contributed by atoms with E-state index in [9.17, 15) is 14.0 Å². The molecule has 216 valence electrons. The molecule has 6 nitrogen and oxygen atoms in total. The Morgan fingerprint density at radius 2 is 1.74 bits per heavy atom. The van der Waals surface area contributed by atoms with Gasteiger partial charge in [0.2, 0.25) is 0 Å². The first kappa shape index (κ1) is 28.3. The number of ether oxygens (including phenoxy) is 1. The minimum atomic E-state index is -0.854. The van der Waals surface area contributed by atoms with Crippen LogP contribution in [-0.4, -0.2) is 21.7 Å². The molecule has 0 fully saturated rings. The molecule has 1 aliphatic heterocycles. The van der Waals surface area contributed by atoms with Gasteiger partial charge in [-0.25, -0.2) is 14.2 Å². The van der Waals surface area contributed by atoms with E-state index in [1.165, 1.54) is 28.0 Å². The lowest BCUT2D eigenvalue weighted by atomic mass is 9.93. The summed E-state index contributed by atoms with van der Waals surface area (Å²) < 4.78 is 23.7. The van der Waals surface area contributed by atoms with Gasteiger partial charge in [-0.1, -0.05) is 65.9 Å². The summed E-state index contributed by atoms with van der Waals surface area (Å²) in [5.41, 5.74) is 6.85. The topological polar surface area (TPSA) is 65.6 Å². The molecule has 3 aromatic carbocycles. The van der Waals surface area contributed by atoms with E-state index in [1.54, 1.807) is 19.1 Å².